The van der Waals surface area contributed by atoms with E-state index in [1.807, 2.05) is 0 Å². The molecule has 0 saturated heterocycles. The van der Waals surface area contributed by atoms with Gasteiger partial charge in [-0.1, -0.05) is 0 Å². The number of Topliss-reactive ketones (excluding diaryl/α,β-unsaturated/α-hetero) is 1. The molecular weight excluding hydrogens is 406 g/mol. The van der Waals surface area contributed by atoms with Crippen LogP contribution in [0, 0.1) is 5.92 Å². The first kappa shape index (κ1) is 23.2. The van der Waals surface area contributed by atoms with Crippen LogP contribution in [0.5, 0.6) is 5.75 Å². The number of carbonyl (C=O) groups excluding carboxylic acids is 3. The van der Waals surface area contributed by atoms with Crippen LogP contribution in [0.15, 0.2) is 53.5 Å². The van der Waals surface area contributed by atoms with Gasteiger partial charge in [0.1, 0.15) is 12.4 Å². The Bertz CT molecular complexity index is 1000. The van der Waals surface area contributed by atoms with Crippen LogP contribution in [0.25, 0.3) is 0 Å². The predicted octanol–water partition coefficient (Wildman–Crippen LogP) is 2.79. The van der Waals surface area contributed by atoms with Crippen molar-refractivity contribution in [2.24, 2.45) is 10.9 Å². The van der Waals surface area contributed by atoms with Crippen LogP contribution in [-0.4, -0.2) is 46.4 Å². The van der Waals surface area contributed by atoms with Crippen molar-refractivity contribution in [1.29, 1.82) is 0 Å². The van der Waals surface area contributed by atoms with Crippen LogP contribution >= 0.6 is 0 Å². The van der Waals surface area contributed by atoms with E-state index >= 15 is 0 Å². The molecule has 0 aliphatic carbocycles. The molecule has 1 atom stereocenters. The molecule has 0 aromatic heterocycles. The molecule has 9 heteroatoms. The van der Waals surface area contributed by atoms with Crippen molar-refractivity contribution in [3.63, 3.8) is 0 Å². The average molecular weight is 425 g/mol. The fourth-order valence-electron chi connectivity index (χ4n) is 2.72. The SMILES string of the molecule is O=C=Nc1ccc(C(=O)c2ccc(OCC(=O)CC(CCC(=O)O)C(=O)O)cc2)cc1. The number of hydrogen-bond acceptors (Lipinski definition) is 7. The Morgan fingerprint density at radius 3 is 2.03 bits per heavy atom. The van der Waals surface area contributed by atoms with Gasteiger partial charge in [-0.15, -0.1) is 0 Å². The number of carboxylic acid groups (broad SMARTS) is 2. The molecule has 0 aliphatic heterocycles. The Morgan fingerprint density at radius 1 is 0.935 bits per heavy atom. The van der Waals surface area contributed by atoms with Crippen LogP contribution in [0.1, 0.15) is 35.2 Å². The summed E-state index contributed by atoms with van der Waals surface area (Å²) in [5.41, 5.74) is 1.16. The topological polar surface area (TPSA) is 147 Å². The highest BCUT2D eigenvalue weighted by molar-refractivity contribution is 6.09. The average Bonchev–Trinajstić information content (AvgIpc) is 2.75. The van der Waals surface area contributed by atoms with E-state index in [9.17, 15) is 24.0 Å². The maximum Gasteiger partial charge on any atom is 0.306 e. The third kappa shape index (κ3) is 7.34. The van der Waals surface area contributed by atoms with Gasteiger partial charge in [-0.25, -0.2) is 4.79 Å². The van der Waals surface area contributed by atoms with Gasteiger partial charge in [-0.3, -0.25) is 19.2 Å². The summed E-state index contributed by atoms with van der Waals surface area (Å²) in [5.74, 6) is -3.87. The second kappa shape index (κ2) is 11.2. The molecule has 0 aliphatic rings. The first-order valence-electron chi connectivity index (χ1n) is 9.22. The number of hydrogen-bond donors (Lipinski definition) is 2. The molecule has 0 fully saturated rings. The Balaban J connectivity index is 1.92. The quantitative estimate of drug-likeness (QED) is 0.300. The molecule has 0 amide bonds. The molecule has 0 spiro atoms. The second-order valence-electron chi connectivity index (χ2n) is 6.60. The van der Waals surface area contributed by atoms with E-state index in [4.69, 9.17) is 14.9 Å². The van der Waals surface area contributed by atoms with Gasteiger partial charge in [0.05, 0.1) is 11.6 Å². The van der Waals surface area contributed by atoms with Gasteiger partial charge >= 0.3 is 11.9 Å². The monoisotopic (exact) mass is 425 g/mol. The zero-order valence-electron chi connectivity index (χ0n) is 16.3. The molecule has 1 unspecified atom stereocenters. The number of ether oxygens (including phenoxy) is 1. The number of nitrogens with zero attached hydrogens (tertiary/aromatic N) is 1. The minimum absolute atomic E-state index is 0.143. The zero-order chi connectivity index (χ0) is 22.8. The maximum atomic E-state index is 12.5. The molecule has 0 radical (unpaired) electrons. The second-order valence-corrected chi connectivity index (χ2v) is 6.60. The smallest absolute Gasteiger partial charge is 0.306 e. The lowest BCUT2D eigenvalue weighted by Gasteiger charge is -2.11. The van der Waals surface area contributed by atoms with Gasteiger partial charge in [0.2, 0.25) is 6.08 Å². The Morgan fingerprint density at radius 2 is 1.52 bits per heavy atom. The summed E-state index contributed by atoms with van der Waals surface area (Å²) < 4.78 is 5.34. The molecule has 9 nitrogen and oxygen atoms in total. The van der Waals surface area contributed by atoms with E-state index in [1.54, 1.807) is 0 Å². The van der Waals surface area contributed by atoms with Crippen molar-refractivity contribution < 1.29 is 38.9 Å². The first-order valence-corrected chi connectivity index (χ1v) is 9.22. The third-order valence-corrected chi connectivity index (χ3v) is 4.35. The molecular formula is C22H19NO8. The summed E-state index contributed by atoms with van der Waals surface area (Å²) in [7, 11) is 0. The van der Waals surface area contributed by atoms with Gasteiger partial charge in [0, 0.05) is 24.0 Å². The van der Waals surface area contributed by atoms with E-state index in [-0.39, 0.29) is 31.7 Å². The number of ketones is 2. The summed E-state index contributed by atoms with van der Waals surface area (Å²) in [6.45, 7) is -0.372. The van der Waals surface area contributed by atoms with Gasteiger partial charge in [-0.05, 0) is 55.0 Å². The number of rotatable bonds is 12. The van der Waals surface area contributed by atoms with E-state index in [1.165, 1.54) is 54.6 Å². The minimum atomic E-state index is -1.23. The van der Waals surface area contributed by atoms with Crippen molar-refractivity contribution in [2.75, 3.05) is 6.61 Å². The Labute approximate surface area is 177 Å². The zero-order valence-corrected chi connectivity index (χ0v) is 16.3. The van der Waals surface area contributed by atoms with Gasteiger partial charge < -0.3 is 14.9 Å². The number of aliphatic carboxylic acids is 2. The Kier molecular flexibility index (Phi) is 8.36. The molecule has 0 saturated carbocycles. The molecule has 2 aromatic rings. The standard InChI is InChI=1S/C22H19NO8/c24-13-23-17-6-1-14(2-7-17)21(28)15-3-8-19(9-4-15)31-12-18(25)11-16(22(29)30)5-10-20(26)27/h1-4,6-9,16H,5,10-12H2,(H,26,27)(H,29,30). The molecule has 2 aromatic carbocycles. The Hall–Kier alpha value is -4.10. The summed E-state index contributed by atoms with van der Waals surface area (Å²) in [4.78, 5) is 59.9. The fraction of sp³-hybridized carbons (Fsp3) is 0.227. The molecule has 0 bridgehead atoms. The van der Waals surface area contributed by atoms with Crippen molar-refractivity contribution in [3.05, 3.63) is 59.7 Å². The number of benzene rings is 2. The highest BCUT2D eigenvalue weighted by Crippen LogP contribution is 2.19. The van der Waals surface area contributed by atoms with E-state index in [2.05, 4.69) is 4.99 Å². The summed E-state index contributed by atoms with van der Waals surface area (Å²) in [5, 5.41) is 17.8. The number of isocyanates is 1. The lowest BCUT2D eigenvalue weighted by molar-refractivity contribution is -0.145. The van der Waals surface area contributed by atoms with Crippen molar-refractivity contribution in [2.45, 2.75) is 19.3 Å². The fourth-order valence-corrected chi connectivity index (χ4v) is 2.72. The van der Waals surface area contributed by atoms with Crippen LogP contribution in [0.2, 0.25) is 0 Å². The van der Waals surface area contributed by atoms with Crippen molar-refractivity contribution >= 4 is 35.3 Å². The summed E-state index contributed by atoms with van der Waals surface area (Å²) >= 11 is 0. The normalized spacial score (nSPS) is 11.1. The predicted molar refractivity (Wildman–Crippen MR) is 107 cm³/mol. The molecule has 2 N–H and O–H groups in total. The van der Waals surface area contributed by atoms with E-state index < -0.39 is 23.6 Å². The minimum Gasteiger partial charge on any atom is -0.486 e. The highest BCUT2D eigenvalue weighted by Gasteiger charge is 2.22. The summed E-state index contributed by atoms with van der Waals surface area (Å²) in [6.07, 6.45) is 0.604. The maximum absolute atomic E-state index is 12.5. The molecule has 2 rings (SSSR count). The number of aliphatic imine (C=N–C) groups is 1. The molecule has 160 valence electrons. The number of carboxylic acids is 2. The summed E-state index contributed by atoms with van der Waals surface area (Å²) in [6, 6.07) is 12.1. The van der Waals surface area contributed by atoms with Crippen LogP contribution < -0.4 is 4.74 Å². The van der Waals surface area contributed by atoms with Crippen molar-refractivity contribution in [1.82, 2.24) is 0 Å². The third-order valence-electron chi connectivity index (χ3n) is 4.35. The van der Waals surface area contributed by atoms with E-state index in [0.717, 1.165) is 0 Å². The lowest BCUT2D eigenvalue weighted by Crippen LogP contribution is -2.22. The number of carbonyl (C=O) groups is 4. The first-order chi connectivity index (χ1) is 14.8. The van der Waals surface area contributed by atoms with Gasteiger partial charge in [0.15, 0.2) is 11.6 Å². The molecule has 31 heavy (non-hydrogen) atoms. The van der Waals surface area contributed by atoms with Crippen LogP contribution in [0.4, 0.5) is 5.69 Å². The van der Waals surface area contributed by atoms with E-state index in [0.29, 0.717) is 22.6 Å². The largest absolute Gasteiger partial charge is 0.486 e. The molecule has 0 heterocycles. The van der Waals surface area contributed by atoms with Crippen LogP contribution in [0.3, 0.4) is 0 Å². The highest BCUT2D eigenvalue weighted by atomic mass is 16.5. The van der Waals surface area contributed by atoms with Crippen LogP contribution in [-0.2, 0) is 19.2 Å². The van der Waals surface area contributed by atoms with Gasteiger partial charge in [-0.2, -0.15) is 4.99 Å². The van der Waals surface area contributed by atoms with Gasteiger partial charge in [0.25, 0.3) is 0 Å². The lowest BCUT2D eigenvalue weighted by atomic mass is 9.97. The van der Waals surface area contributed by atoms with Crippen molar-refractivity contribution in [3.8, 4) is 5.75 Å².